The number of rotatable bonds is 4. The first-order chi connectivity index (χ1) is 8.63. The molecule has 0 N–H and O–H groups in total. The van der Waals surface area contributed by atoms with Crippen LogP contribution in [0.15, 0.2) is 48.5 Å². The van der Waals surface area contributed by atoms with Gasteiger partial charge in [-0.25, -0.2) is 4.39 Å². The third-order valence-corrected chi connectivity index (χ3v) is 2.95. The fourth-order valence-electron chi connectivity index (χ4n) is 1.43. The Hall–Kier alpha value is -1.30. The van der Waals surface area contributed by atoms with E-state index in [4.69, 9.17) is 9.47 Å². The van der Waals surface area contributed by atoms with Gasteiger partial charge >= 0.3 is 0 Å². The van der Waals surface area contributed by atoms with Crippen molar-refractivity contribution in [1.82, 2.24) is 0 Å². The van der Waals surface area contributed by atoms with Crippen LogP contribution in [0.5, 0.6) is 11.5 Å². The molecule has 0 heterocycles. The summed E-state index contributed by atoms with van der Waals surface area (Å²) >= 11 is 2.23. The molecule has 94 valence electrons. The molecule has 0 spiro atoms. The van der Waals surface area contributed by atoms with Gasteiger partial charge in [-0.1, -0.05) is 0 Å². The van der Waals surface area contributed by atoms with E-state index in [1.807, 2.05) is 24.3 Å². The van der Waals surface area contributed by atoms with Crippen LogP contribution in [0, 0.1) is 9.39 Å². The normalized spacial score (nSPS) is 11.9. The predicted octanol–water partition coefficient (Wildman–Crippen LogP) is 4.23. The van der Waals surface area contributed by atoms with E-state index in [9.17, 15) is 4.39 Å². The molecule has 0 saturated carbocycles. The number of benzene rings is 2. The molecule has 0 aliphatic rings. The van der Waals surface area contributed by atoms with Crippen molar-refractivity contribution in [2.24, 2.45) is 0 Å². The van der Waals surface area contributed by atoms with Crippen LogP contribution < -0.4 is 9.47 Å². The molecule has 4 heteroatoms. The molecule has 1 unspecified atom stereocenters. The number of halogens is 2. The average Bonchev–Trinajstić information content (AvgIpc) is 2.35. The first kappa shape index (κ1) is 13.1. The second-order valence-electron chi connectivity index (χ2n) is 3.71. The zero-order valence-electron chi connectivity index (χ0n) is 9.77. The van der Waals surface area contributed by atoms with Gasteiger partial charge in [-0.05, 0) is 71.1 Å². The van der Waals surface area contributed by atoms with E-state index < -0.39 is 6.29 Å². The fraction of sp³-hybridized carbons (Fsp3) is 0.143. The third kappa shape index (κ3) is 3.87. The van der Waals surface area contributed by atoms with Gasteiger partial charge in [0.25, 0.3) is 0 Å². The highest BCUT2D eigenvalue weighted by Gasteiger charge is 2.05. The molecule has 2 aromatic carbocycles. The minimum Gasteiger partial charge on any atom is -0.455 e. The smallest absolute Gasteiger partial charge is 0.238 e. The molecule has 0 aliphatic heterocycles. The van der Waals surface area contributed by atoms with Gasteiger partial charge in [-0.15, -0.1) is 0 Å². The zero-order chi connectivity index (χ0) is 13.0. The third-order valence-electron chi connectivity index (χ3n) is 2.23. The molecule has 0 aromatic heterocycles. The molecule has 0 radical (unpaired) electrons. The summed E-state index contributed by atoms with van der Waals surface area (Å²) in [6.07, 6.45) is -0.435. The Morgan fingerprint density at radius 3 is 1.83 bits per heavy atom. The van der Waals surface area contributed by atoms with Crippen LogP contribution in [0.1, 0.15) is 6.92 Å². The summed E-state index contributed by atoms with van der Waals surface area (Å²) < 4.78 is 25.0. The van der Waals surface area contributed by atoms with Crippen LogP contribution in [-0.2, 0) is 0 Å². The average molecular weight is 358 g/mol. The van der Waals surface area contributed by atoms with Crippen LogP contribution in [-0.4, -0.2) is 6.29 Å². The van der Waals surface area contributed by atoms with Crippen LogP contribution in [0.4, 0.5) is 4.39 Å². The maximum Gasteiger partial charge on any atom is 0.238 e. The van der Waals surface area contributed by atoms with Crippen LogP contribution in [0.3, 0.4) is 0 Å². The Balaban J connectivity index is 1.94. The lowest BCUT2D eigenvalue weighted by atomic mass is 10.3. The van der Waals surface area contributed by atoms with Gasteiger partial charge in [0.2, 0.25) is 6.29 Å². The Morgan fingerprint density at radius 1 is 0.889 bits per heavy atom. The Morgan fingerprint density at radius 2 is 1.33 bits per heavy atom. The first-order valence-electron chi connectivity index (χ1n) is 5.48. The van der Waals surface area contributed by atoms with E-state index in [0.29, 0.717) is 5.75 Å². The summed E-state index contributed by atoms with van der Waals surface area (Å²) in [6.45, 7) is 1.79. The molecule has 0 bridgehead atoms. The van der Waals surface area contributed by atoms with E-state index >= 15 is 0 Å². The monoisotopic (exact) mass is 358 g/mol. The number of hydrogen-bond acceptors (Lipinski definition) is 2. The van der Waals surface area contributed by atoms with Crippen molar-refractivity contribution in [3.63, 3.8) is 0 Å². The minimum atomic E-state index is -0.435. The predicted molar refractivity (Wildman–Crippen MR) is 76.3 cm³/mol. The molecule has 0 fully saturated rings. The van der Waals surface area contributed by atoms with Crippen molar-refractivity contribution in [3.8, 4) is 11.5 Å². The standard InChI is InChI=1S/C14H12FIO2/c1-10(17-13-6-2-11(15)3-7-13)18-14-8-4-12(16)5-9-14/h2-10H,1H3. The molecular weight excluding hydrogens is 346 g/mol. The lowest BCUT2D eigenvalue weighted by molar-refractivity contribution is 0.0222. The largest absolute Gasteiger partial charge is 0.455 e. The highest BCUT2D eigenvalue weighted by atomic mass is 127. The van der Waals surface area contributed by atoms with E-state index in [0.717, 1.165) is 9.32 Å². The van der Waals surface area contributed by atoms with Crippen molar-refractivity contribution < 1.29 is 13.9 Å². The summed E-state index contributed by atoms with van der Waals surface area (Å²) in [5.41, 5.74) is 0. The molecular formula is C14H12FIO2. The summed E-state index contributed by atoms with van der Waals surface area (Å²) in [5.74, 6) is 1.04. The molecule has 0 amide bonds. The molecule has 2 aromatic rings. The molecule has 1 atom stereocenters. The van der Waals surface area contributed by atoms with Gasteiger partial charge in [0.15, 0.2) is 0 Å². The SMILES string of the molecule is CC(Oc1ccc(F)cc1)Oc1ccc(I)cc1. The van der Waals surface area contributed by atoms with Gasteiger partial charge in [0.1, 0.15) is 17.3 Å². The maximum atomic E-state index is 12.7. The molecule has 2 nitrogen and oxygen atoms in total. The summed E-state index contributed by atoms with van der Waals surface area (Å²) in [6, 6.07) is 13.5. The number of hydrogen-bond donors (Lipinski definition) is 0. The maximum absolute atomic E-state index is 12.7. The van der Waals surface area contributed by atoms with Crippen molar-refractivity contribution in [3.05, 3.63) is 57.9 Å². The van der Waals surface area contributed by atoms with Crippen molar-refractivity contribution in [2.75, 3.05) is 0 Å². The Bertz CT molecular complexity index is 449. The molecule has 2 rings (SSSR count). The fourth-order valence-corrected chi connectivity index (χ4v) is 1.79. The molecule has 0 aliphatic carbocycles. The minimum absolute atomic E-state index is 0.284. The lowest BCUT2D eigenvalue weighted by Gasteiger charge is -2.16. The van der Waals surface area contributed by atoms with E-state index in [1.165, 1.54) is 12.1 Å². The van der Waals surface area contributed by atoms with Crippen LogP contribution in [0.25, 0.3) is 0 Å². The summed E-state index contributed by atoms with van der Waals surface area (Å²) in [5, 5.41) is 0. The Labute approximate surface area is 119 Å². The van der Waals surface area contributed by atoms with E-state index in [-0.39, 0.29) is 5.82 Å². The van der Waals surface area contributed by atoms with Gasteiger partial charge in [-0.3, -0.25) is 0 Å². The number of ether oxygens (including phenoxy) is 2. The Kier molecular flexibility index (Phi) is 4.41. The second-order valence-corrected chi connectivity index (χ2v) is 4.96. The van der Waals surface area contributed by atoms with Gasteiger partial charge in [0, 0.05) is 10.5 Å². The lowest BCUT2D eigenvalue weighted by Crippen LogP contribution is -2.19. The summed E-state index contributed by atoms with van der Waals surface area (Å²) in [7, 11) is 0. The van der Waals surface area contributed by atoms with E-state index in [2.05, 4.69) is 22.6 Å². The van der Waals surface area contributed by atoms with Crippen molar-refractivity contribution in [2.45, 2.75) is 13.2 Å². The van der Waals surface area contributed by atoms with Gasteiger partial charge in [-0.2, -0.15) is 0 Å². The van der Waals surface area contributed by atoms with Crippen molar-refractivity contribution >= 4 is 22.6 Å². The first-order valence-corrected chi connectivity index (χ1v) is 6.56. The highest BCUT2D eigenvalue weighted by Crippen LogP contribution is 2.17. The van der Waals surface area contributed by atoms with Crippen LogP contribution in [0.2, 0.25) is 0 Å². The van der Waals surface area contributed by atoms with Crippen LogP contribution >= 0.6 is 22.6 Å². The van der Waals surface area contributed by atoms with E-state index in [1.54, 1.807) is 19.1 Å². The quantitative estimate of drug-likeness (QED) is 0.602. The zero-order valence-corrected chi connectivity index (χ0v) is 11.9. The molecule has 18 heavy (non-hydrogen) atoms. The second kappa shape index (κ2) is 6.04. The molecule has 0 saturated heterocycles. The summed E-state index contributed by atoms with van der Waals surface area (Å²) in [4.78, 5) is 0. The topological polar surface area (TPSA) is 18.5 Å². The van der Waals surface area contributed by atoms with Gasteiger partial charge < -0.3 is 9.47 Å². The highest BCUT2D eigenvalue weighted by molar-refractivity contribution is 14.1. The van der Waals surface area contributed by atoms with Gasteiger partial charge in [0.05, 0.1) is 0 Å². The van der Waals surface area contributed by atoms with Crippen molar-refractivity contribution in [1.29, 1.82) is 0 Å².